The zero-order chi connectivity index (χ0) is 18.4. The average molecular weight is 341 g/mol. The molecule has 1 aliphatic rings. The Balaban J connectivity index is 2.37. The van der Waals surface area contributed by atoms with E-state index in [1.165, 1.54) is 25.7 Å². The van der Waals surface area contributed by atoms with Crippen molar-refractivity contribution in [3.05, 3.63) is 0 Å². The Hall–Kier alpha value is -1.26. The molecule has 1 fully saturated rings. The molecule has 1 amide bonds. The topological polar surface area (TPSA) is 64.6 Å². The molecule has 0 spiro atoms. The largest absolute Gasteiger partial charge is 0.464 e. The lowest BCUT2D eigenvalue weighted by Gasteiger charge is -2.30. The fraction of sp³-hybridized carbons (Fsp3) is 0.895. The highest BCUT2D eigenvalue weighted by atomic mass is 16.6. The molecule has 24 heavy (non-hydrogen) atoms. The maximum Gasteiger partial charge on any atom is 0.408 e. The van der Waals surface area contributed by atoms with Crippen LogP contribution >= 0.6 is 0 Å². The van der Waals surface area contributed by atoms with Crippen LogP contribution in [0.1, 0.15) is 80.1 Å². The lowest BCUT2D eigenvalue weighted by molar-refractivity contribution is -0.152. The molecule has 0 atom stereocenters. The SMILES string of the molecule is CCC[C@H]1CC[C@H](COC(=O)C(C)(C)NC(=O)OC(C)(C)C)CC1. The highest BCUT2D eigenvalue weighted by Crippen LogP contribution is 2.31. The molecule has 5 nitrogen and oxygen atoms in total. The van der Waals surface area contributed by atoms with Gasteiger partial charge in [0.15, 0.2) is 0 Å². The van der Waals surface area contributed by atoms with Crippen molar-refractivity contribution in [3.63, 3.8) is 0 Å². The van der Waals surface area contributed by atoms with E-state index in [1.54, 1.807) is 34.6 Å². The van der Waals surface area contributed by atoms with Gasteiger partial charge in [-0.05, 0) is 59.3 Å². The average Bonchev–Trinajstić information content (AvgIpc) is 2.43. The van der Waals surface area contributed by atoms with Gasteiger partial charge < -0.3 is 14.8 Å². The van der Waals surface area contributed by atoms with Crippen molar-refractivity contribution in [3.8, 4) is 0 Å². The van der Waals surface area contributed by atoms with Crippen LogP contribution in [0.4, 0.5) is 4.79 Å². The highest BCUT2D eigenvalue weighted by molar-refractivity contribution is 5.84. The van der Waals surface area contributed by atoms with Gasteiger partial charge in [-0.25, -0.2) is 9.59 Å². The standard InChI is InChI=1S/C19H35NO4/c1-7-8-14-9-11-15(12-10-14)13-23-16(21)19(5,6)20-17(22)24-18(2,3)4/h14-15H,7-13H2,1-6H3,(H,20,22)/t14-,15-. The summed E-state index contributed by atoms with van der Waals surface area (Å²) in [6.07, 6.45) is 6.65. The van der Waals surface area contributed by atoms with Gasteiger partial charge in [0, 0.05) is 0 Å². The van der Waals surface area contributed by atoms with Crippen LogP contribution in [0, 0.1) is 11.8 Å². The van der Waals surface area contributed by atoms with Gasteiger partial charge in [0.1, 0.15) is 11.1 Å². The minimum absolute atomic E-state index is 0.413. The molecule has 1 aliphatic carbocycles. The molecule has 0 radical (unpaired) electrons. The summed E-state index contributed by atoms with van der Waals surface area (Å²) >= 11 is 0. The summed E-state index contributed by atoms with van der Waals surface area (Å²) < 4.78 is 10.7. The number of alkyl carbamates (subject to hydrolysis) is 1. The van der Waals surface area contributed by atoms with Gasteiger partial charge in [-0.1, -0.05) is 32.6 Å². The van der Waals surface area contributed by atoms with E-state index in [9.17, 15) is 9.59 Å². The summed E-state index contributed by atoms with van der Waals surface area (Å²) in [4.78, 5) is 24.1. The molecule has 0 aromatic heterocycles. The fourth-order valence-corrected chi connectivity index (χ4v) is 3.08. The summed E-state index contributed by atoms with van der Waals surface area (Å²) in [5.41, 5.74) is -1.69. The van der Waals surface area contributed by atoms with E-state index in [0.29, 0.717) is 12.5 Å². The van der Waals surface area contributed by atoms with E-state index >= 15 is 0 Å². The third kappa shape index (κ3) is 7.54. The Morgan fingerprint density at radius 1 is 1.00 bits per heavy atom. The zero-order valence-electron chi connectivity index (χ0n) is 16.2. The van der Waals surface area contributed by atoms with Gasteiger partial charge in [0.25, 0.3) is 0 Å². The maximum atomic E-state index is 12.3. The summed E-state index contributed by atoms with van der Waals surface area (Å²) in [5.74, 6) is 0.871. The lowest BCUT2D eigenvalue weighted by Crippen LogP contribution is -2.52. The quantitative estimate of drug-likeness (QED) is 0.725. The van der Waals surface area contributed by atoms with E-state index in [2.05, 4.69) is 12.2 Å². The number of ether oxygens (including phenoxy) is 2. The van der Waals surface area contributed by atoms with Crippen LogP contribution < -0.4 is 5.32 Å². The number of carbonyl (C=O) groups is 2. The van der Waals surface area contributed by atoms with Crippen molar-refractivity contribution in [1.29, 1.82) is 0 Å². The second-order valence-corrected chi connectivity index (χ2v) is 8.53. The second-order valence-electron chi connectivity index (χ2n) is 8.53. The Morgan fingerprint density at radius 3 is 2.04 bits per heavy atom. The molecule has 0 aliphatic heterocycles. The van der Waals surface area contributed by atoms with E-state index in [-0.39, 0.29) is 0 Å². The normalized spacial score (nSPS) is 21.9. The van der Waals surface area contributed by atoms with E-state index in [0.717, 1.165) is 18.8 Å². The predicted molar refractivity (Wildman–Crippen MR) is 94.8 cm³/mol. The van der Waals surface area contributed by atoms with Crippen LogP contribution in [0.15, 0.2) is 0 Å². The molecule has 0 bridgehead atoms. The summed E-state index contributed by atoms with van der Waals surface area (Å²) in [6, 6.07) is 0. The van der Waals surface area contributed by atoms with Gasteiger partial charge in [0.05, 0.1) is 6.61 Å². The molecule has 1 N–H and O–H groups in total. The molecule has 0 aromatic rings. The molecule has 1 rings (SSSR count). The van der Waals surface area contributed by atoms with Crippen molar-refractivity contribution in [1.82, 2.24) is 5.32 Å². The number of esters is 1. The monoisotopic (exact) mass is 341 g/mol. The van der Waals surface area contributed by atoms with E-state index in [1.807, 2.05) is 0 Å². The molecule has 0 heterocycles. The summed E-state index contributed by atoms with van der Waals surface area (Å²) in [5, 5.41) is 2.59. The minimum Gasteiger partial charge on any atom is -0.464 e. The van der Waals surface area contributed by atoms with Crippen LogP contribution in [-0.2, 0) is 14.3 Å². The van der Waals surface area contributed by atoms with Crippen molar-refractivity contribution in [2.75, 3.05) is 6.61 Å². The Labute approximate surface area is 146 Å². The first-order valence-electron chi connectivity index (χ1n) is 9.22. The summed E-state index contributed by atoms with van der Waals surface area (Å²) in [6.45, 7) is 11.3. The maximum absolute atomic E-state index is 12.3. The first-order valence-corrected chi connectivity index (χ1v) is 9.22. The number of hydrogen-bond acceptors (Lipinski definition) is 4. The number of amides is 1. The van der Waals surface area contributed by atoms with Crippen molar-refractivity contribution < 1.29 is 19.1 Å². The van der Waals surface area contributed by atoms with Crippen LogP contribution in [0.25, 0.3) is 0 Å². The van der Waals surface area contributed by atoms with Crippen molar-refractivity contribution in [2.24, 2.45) is 11.8 Å². The zero-order valence-corrected chi connectivity index (χ0v) is 16.2. The number of hydrogen-bond donors (Lipinski definition) is 1. The van der Waals surface area contributed by atoms with Gasteiger partial charge in [-0.15, -0.1) is 0 Å². The molecule has 1 saturated carbocycles. The smallest absolute Gasteiger partial charge is 0.408 e. The molecule has 0 saturated heterocycles. The Morgan fingerprint density at radius 2 is 1.54 bits per heavy atom. The summed E-state index contributed by atoms with van der Waals surface area (Å²) in [7, 11) is 0. The first-order chi connectivity index (χ1) is 11.0. The van der Waals surface area contributed by atoms with E-state index < -0.39 is 23.2 Å². The first kappa shape index (κ1) is 20.8. The molecule has 140 valence electrons. The third-order valence-corrected chi connectivity index (χ3v) is 4.44. The van der Waals surface area contributed by atoms with Gasteiger partial charge in [-0.3, -0.25) is 0 Å². The Kier molecular flexibility index (Phi) is 7.56. The number of rotatable bonds is 6. The van der Waals surface area contributed by atoms with Crippen LogP contribution in [-0.4, -0.2) is 29.8 Å². The van der Waals surface area contributed by atoms with Crippen molar-refractivity contribution >= 4 is 12.1 Å². The molecule has 0 unspecified atom stereocenters. The van der Waals surface area contributed by atoms with Crippen LogP contribution in [0.5, 0.6) is 0 Å². The highest BCUT2D eigenvalue weighted by Gasteiger charge is 2.34. The number of carbonyl (C=O) groups excluding carboxylic acids is 2. The van der Waals surface area contributed by atoms with E-state index in [4.69, 9.17) is 9.47 Å². The molecule has 5 heteroatoms. The van der Waals surface area contributed by atoms with Gasteiger partial charge >= 0.3 is 12.1 Å². The van der Waals surface area contributed by atoms with Crippen LogP contribution in [0.3, 0.4) is 0 Å². The number of nitrogens with one attached hydrogen (secondary N) is 1. The third-order valence-electron chi connectivity index (χ3n) is 4.44. The van der Waals surface area contributed by atoms with Gasteiger partial charge in [-0.2, -0.15) is 0 Å². The lowest BCUT2D eigenvalue weighted by atomic mass is 9.80. The molecular weight excluding hydrogens is 306 g/mol. The fourth-order valence-electron chi connectivity index (χ4n) is 3.08. The second kappa shape index (κ2) is 8.72. The predicted octanol–water partition coefficient (Wildman–Crippen LogP) is 4.44. The van der Waals surface area contributed by atoms with Gasteiger partial charge in [0.2, 0.25) is 0 Å². The Bertz CT molecular complexity index is 418. The molecular formula is C19H35NO4. The molecule has 0 aromatic carbocycles. The van der Waals surface area contributed by atoms with Crippen LogP contribution in [0.2, 0.25) is 0 Å². The minimum atomic E-state index is -1.10. The van der Waals surface area contributed by atoms with Crippen molar-refractivity contribution in [2.45, 2.75) is 91.2 Å².